The number of sulfonamides is 1. The van der Waals surface area contributed by atoms with Crippen molar-refractivity contribution in [2.24, 2.45) is 11.1 Å². The fourth-order valence-corrected chi connectivity index (χ4v) is 6.99. The Kier molecular flexibility index (Phi) is 7.04. The molecule has 172 valence electrons. The highest BCUT2D eigenvalue weighted by atomic mass is 32.2. The smallest absolute Gasteiger partial charge is 0.238 e. The molecule has 0 saturated carbocycles. The van der Waals surface area contributed by atoms with Gasteiger partial charge in [0, 0.05) is 19.1 Å². The fraction of sp³-hybridized carbons (Fsp3) is 0.579. The van der Waals surface area contributed by atoms with Gasteiger partial charge in [0.05, 0.1) is 33.2 Å². The fourth-order valence-electron chi connectivity index (χ4n) is 3.76. The minimum absolute atomic E-state index is 0.0138. The number of hydrogen-bond donors (Lipinski definition) is 1. The van der Waals surface area contributed by atoms with E-state index in [1.165, 1.54) is 23.9 Å². The lowest BCUT2D eigenvalue weighted by Crippen LogP contribution is -2.44. The second-order valence-electron chi connectivity index (χ2n) is 8.12. The lowest BCUT2D eigenvalue weighted by molar-refractivity contribution is -0.130. The van der Waals surface area contributed by atoms with Crippen LogP contribution in [0, 0.1) is 5.92 Å². The molecular weight excluding hydrogens is 460 g/mol. The van der Waals surface area contributed by atoms with E-state index in [0.29, 0.717) is 30.2 Å². The summed E-state index contributed by atoms with van der Waals surface area (Å²) in [7, 11) is -6.94. The maximum atomic E-state index is 13.0. The maximum Gasteiger partial charge on any atom is 0.238 e. The predicted molar refractivity (Wildman–Crippen MR) is 121 cm³/mol. The number of primary sulfonamides is 1. The summed E-state index contributed by atoms with van der Waals surface area (Å²) in [5, 5.41) is 5.81. The SMILES string of the molecule is CCn1c(SCC(=O)N(CC(C)C)C2CCS(=O)(=O)C2)nc2cc(S(N)(=O)=O)ccc21. The first-order valence-electron chi connectivity index (χ1n) is 10.1. The van der Waals surface area contributed by atoms with Crippen LogP contribution in [0.25, 0.3) is 11.0 Å². The van der Waals surface area contributed by atoms with Crippen LogP contribution in [0.4, 0.5) is 0 Å². The molecular formula is C19H28N4O5S3. The number of aromatic nitrogens is 2. The van der Waals surface area contributed by atoms with Crippen molar-refractivity contribution in [3.8, 4) is 0 Å². The molecule has 0 radical (unpaired) electrons. The van der Waals surface area contributed by atoms with Gasteiger partial charge in [0.1, 0.15) is 0 Å². The van der Waals surface area contributed by atoms with Crippen LogP contribution in [0.1, 0.15) is 27.2 Å². The quantitative estimate of drug-likeness (QED) is 0.556. The minimum atomic E-state index is -3.84. The molecule has 1 aromatic carbocycles. The largest absolute Gasteiger partial charge is 0.338 e. The van der Waals surface area contributed by atoms with Crippen molar-refractivity contribution < 1.29 is 21.6 Å². The van der Waals surface area contributed by atoms with Crippen LogP contribution in [0.2, 0.25) is 0 Å². The van der Waals surface area contributed by atoms with Gasteiger partial charge in [-0.3, -0.25) is 4.79 Å². The third-order valence-electron chi connectivity index (χ3n) is 5.19. The summed E-state index contributed by atoms with van der Waals surface area (Å²) in [6, 6.07) is 4.24. The van der Waals surface area contributed by atoms with Crippen LogP contribution >= 0.6 is 11.8 Å². The first-order valence-corrected chi connectivity index (χ1v) is 14.4. The molecule has 1 aliphatic rings. The molecule has 0 aliphatic carbocycles. The highest BCUT2D eigenvalue weighted by molar-refractivity contribution is 7.99. The summed E-state index contributed by atoms with van der Waals surface area (Å²) in [4.78, 5) is 19.2. The molecule has 3 rings (SSSR count). The topological polar surface area (TPSA) is 132 Å². The molecule has 12 heteroatoms. The summed E-state index contributed by atoms with van der Waals surface area (Å²) in [5.41, 5.74) is 1.25. The number of carbonyl (C=O) groups is 1. The molecule has 2 N–H and O–H groups in total. The van der Waals surface area contributed by atoms with E-state index in [0.717, 1.165) is 5.52 Å². The van der Waals surface area contributed by atoms with E-state index >= 15 is 0 Å². The van der Waals surface area contributed by atoms with Crippen molar-refractivity contribution in [3.63, 3.8) is 0 Å². The van der Waals surface area contributed by atoms with E-state index in [1.807, 2.05) is 25.3 Å². The molecule has 1 fully saturated rings. The summed E-state index contributed by atoms with van der Waals surface area (Å²) < 4.78 is 49.0. The van der Waals surface area contributed by atoms with Crippen molar-refractivity contribution in [2.45, 2.75) is 49.8 Å². The number of nitrogens with zero attached hydrogens (tertiary/aromatic N) is 3. The number of amides is 1. The van der Waals surface area contributed by atoms with Crippen LogP contribution < -0.4 is 5.14 Å². The van der Waals surface area contributed by atoms with Crippen LogP contribution in [-0.4, -0.2) is 67.0 Å². The van der Waals surface area contributed by atoms with Crippen molar-refractivity contribution in [1.82, 2.24) is 14.5 Å². The molecule has 1 atom stereocenters. The summed E-state index contributed by atoms with van der Waals surface area (Å²) >= 11 is 1.26. The van der Waals surface area contributed by atoms with Gasteiger partial charge in [-0.05, 0) is 37.5 Å². The Balaban J connectivity index is 1.81. The number of hydrogen-bond acceptors (Lipinski definition) is 7. The third-order valence-corrected chi connectivity index (χ3v) is 8.81. The number of imidazole rings is 1. The number of nitrogens with two attached hydrogens (primary N) is 1. The van der Waals surface area contributed by atoms with E-state index < -0.39 is 19.9 Å². The second kappa shape index (κ2) is 9.08. The Morgan fingerprint density at radius 2 is 2.10 bits per heavy atom. The molecule has 31 heavy (non-hydrogen) atoms. The Bertz CT molecular complexity index is 1190. The van der Waals surface area contributed by atoms with Crippen LogP contribution in [0.3, 0.4) is 0 Å². The Hall–Kier alpha value is -1.63. The van der Waals surface area contributed by atoms with E-state index in [9.17, 15) is 21.6 Å². The van der Waals surface area contributed by atoms with Gasteiger partial charge >= 0.3 is 0 Å². The lowest BCUT2D eigenvalue weighted by Gasteiger charge is -2.29. The number of sulfone groups is 1. The molecule has 1 amide bonds. The van der Waals surface area contributed by atoms with Gasteiger partial charge in [0.2, 0.25) is 15.9 Å². The second-order valence-corrected chi connectivity index (χ2v) is 12.9. The zero-order valence-electron chi connectivity index (χ0n) is 17.8. The van der Waals surface area contributed by atoms with Gasteiger partial charge in [-0.15, -0.1) is 0 Å². The Morgan fingerprint density at radius 1 is 1.39 bits per heavy atom. The molecule has 0 bridgehead atoms. The molecule has 1 aliphatic heterocycles. The van der Waals surface area contributed by atoms with E-state index in [4.69, 9.17) is 5.14 Å². The zero-order chi connectivity index (χ0) is 23.0. The highest BCUT2D eigenvalue weighted by Gasteiger charge is 2.34. The first-order chi connectivity index (χ1) is 14.4. The average Bonchev–Trinajstić information content (AvgIpc) is 3.21. The minimum Gasteiger partial charge on any atom is -0.338 e. The number of thioether (sulfide) groups is 1. The first kappa shape index (κ1) is 24.0. The van der Waals surface area contributed by atoms with E-state index in [-0.39, 0.29) is 40.0 Å². The molecule has 1 aromatic heterocycles. The van der Waals surface area contributed by atoms with Crippen molar-refractivity contribution in [1.29, 1.82) is 0 Å². The number of rotatable bonds is 8. The standard InChI is InChI=1S/C19H28N4O5S3/c1-4-22-17-6-5-15(31(20,27)28)9-16(17)21-19(22)29-11-18(24)23(10-13(2)3)14-7-8-30(25,26)12-14/h5-6,9,13-14H,4,7-8,10-12H2,1-3H3,(H2,20,27,28). The third kappa shape index (κ3) is 5.60. The van der Waals surface area contributed by atoms with Crippen molar-refractivity contribution >= 4 is 48.6 Å². The highest BCUT2D eigenvalue weighted by Crippen LogP contribution is 2.27. The average molecular weight is 489 g/mol. The van der Waals surface area contributed by atoms with Crippen molar-refractivity contribution in [2.75, 3.05) is 23.8 Å². The molecule has 1 unspecified atom stereocenters. The van der Waals surface area contributed by atoms with Crippen LogP contribution in [0.5, 0.6) is 0 Å². The van der Waals surface area contributed by atoms with Gasteiger partial charge < -0.3 is 9.47 Å². The number of benzene rings is 1. The maximum absolute atomic E-state index is 13.0. The van der Waals surface area contributed by atoms with Gasteiger partial charge in [-0.1, -0.05) is 25.6 Å². The van der Waals surface area contributed by atoms with Crippen LogP contribution in [0.15, 0.2) is 28.3 Å². The molecule has 9 nitrogen and oxygen atoms in total. The van der Waals surface area contributed by atoms with E-state index in [1.54, 1.807) is 11.0 Å². The normalized spacial score (nSPS) is 18.7. The summed E-state index contributed by atoms with van der Waals surface area (Å²) in [5.74, 6) is 0.342. The van der Waals surface area contributed by atoms with Gasteiger partial charge in [-0.2, -0.15) is 0 Å². The zero-order valence-corrected chi connectivity index (χ0v) is 20.3. The summed E-state index contributed by atoms with van der Waals surface area (Å²) in [6.07, 6.45) is 0.468. The number of carbonyl (C=O) groups excluding carboxylic acids is 1. The van der Waals surface area contributed by atoms with Gasteiger partial charge in [0.15, 0.2) is 15.0 Å². The Morgan fingerprint density at radius 3 is 2.65 bits per heavy atom. The molecule has 0 spiro atoms. The number of aryl methyl sites for hydroxylation is 1. The van der Waals surface area contributed by atoms with Gasteiger partial charge in [-0.25, -0.2) is 27.0 Å². The molecule has 2 heterocycles. The van der Waals surface area contributed by atoms with Gasteiger partial charge in [0.25, 0.3) is 0 Å². The number of fused-ring (bicyclic) bond motifs is 1. The van der Waals surface area contributed by atoms with Crippen LogP contribution in [-0.2, 0) is 31.2 Å². The predicted octanol–water partition coefficient (Wildman–Crippen LogP) is 1.47. The van der Waals surface area contributed by atoms with E-state index in [2.05, 4.69) is 4.98 Å². The molecule has 2 aromatic rings. The van der Waals surface area contributed by atoms with Crippen molar-refractivity contribution in [3.05, 3.63) is 18.2 Å². The Labute approximate surface area is 187 Å². The monoisotopic (exact) mass is 488 g/mol. The molecule has 1 saturated heterocycles. The lowest BCUT2D eigenvalue weighted by atomic mass is 10.1. The summed E-state index contributed by atoms with van der Waals surface area (Å²) in [6.45, 7) is 7.03.